The standard InChI is InChI=1S/C10H21N3/c1-4-12-13-10(3)9(2)7-5-6-8-11/h4,9H,5-8,11H2,1-3H3/b12-4-,13-10-. The van der Waals surface area contributed by atoms with Crippen LogP contribution in [0, 0.1) is 5.92 Å². The monoisotopic (exact) mass is 183 g/mol. The molecule has 0 aliphatic heterocycles. The summed E-state index contributed by atoms with van der Waals surface area (Å²) in [4.78, 5) is 0. The van der Waals surface area contributed by atoms with Gasteiger partial charge < -0.3 is 5.73 Å². The predicted octanol–water partition coefficient (Wildman–Crippen LogP) is 2.22. The molecule has 0 spiro atoms. The van der Waals surface area contributed by atoms with E-state index in [1.54, 1.807) is 6.21 Å². The predicted molar refractivity (Wildman–Crippen MR) is 59.3 cm³/mol. The first kappa shape index (κ1) is 12.3. The summed E-state index contributed by atoms with van der Waals surface area (Å²) in [5, 5.41) is 7.94. The molecule has 0 aromatic heterocycles. The lowest BCUT2D eigenvalue weighted by atomic mass is 10.00. The number of nitrogens with zero attached hydrogens (tertiary/aromatic N) is 2. The van der Waals surface area contributed by atoms with Gasteiger partial charge in [-0.1, -0.05) is 13.3 Å². The molecule has 0 saturated heterocycles. The Kier molecular flexibility index (Phi) is 7.50. The van der Waals surface area contributed by atoms with E-state index < -0.39 is 0 Å². The third kappa shape index (κ3) is 6.46. The average Bonchev–Trinajstić information content (AvgIpc) is 2.14. The van der Waals surface area contributed by atoms with E-state index in [4.69, 9.17) is 5.73 Å². The van der Waals surface area contributed by atoms with Gasteiger partial charge in [0.05, 0.1) is 0 Å². The lowest BCUT2D eigenvalue weighted by Crippen LogP contribution is -2.07. The number of nitrogens with two attached hydrogens (primary N) is 1. The largest absolute Gasteiger partial charge is 0.330 e. The minimum Gasteiger partial charge on any atom is -0.330 e. The van der Waals surface area contributed by atoms with Gasteiger partial charge in [-0.3, -0.25) is 0 Å². The van der Waals surface area contributed by atoms with E-state index in [9.17, 15) is 0 Å². The van der Waals surface area contributed by atoms with Crippen LogP contribution in [0.4, 0.5) is 0 Å². The summed E-state index contributed by atoms with van der Waals surface area (Å²) in [5.41, 5.74) is 6.52. The van der Waals surface area contributed by atoms with Crippen molar-refractivity contribution in [2.75, 3.05) is 6.54 Å². The van der Waals surface area contributed by atoms with Gasteiger partial charge in [-0.15, -0.1) is 0 Å². The maximum absolute atomic E-state index is 5.42. The highest BCUT2D eigenvalue weighted by atomic mass is 15.2. The molecule has 0 aromatic rings. The van der Waals surface area contributed by atoms with Crippen molar-refractivity contribution in [1.29, 1.82) is 0 Å². The molecule has 0 rings (SSSR count). The molecule has 3 heteroatoms. The van der Waals surface area contributed by atoms with Crippen LogP contribution < -0.4 is 5.73 Å². The fourth-order valence-electron chi connectivity index (χ4n) is 1.05. The minimum absolute atomic E-state index is 0.523. The Hall–Kier alpha value is -0.700. The zero-order chi connectivity index (χ0) is 10.1. The molecular weight excluding hydrogens is 162 g/mol. The van der Waals surface area contributed by atoms with Crippen LogP contribution in [0.15, 0.2) is 10.2 Å². The molecule has 0 radical (unpaired) electrons. The number of rotatable bonds is 6. The first-order valence-corrected chi connectivity index (χ1v) is 4.94. The van der Waals surface area contributed by atoms with E-state index in [-0.39, 0.29) is 0 Å². The van der Waals surface area contributed by atoms with Crippen molar-refractivity contribution in [1.82, 2.24) is 0 Å². The Labute approximate surface area is 81.1 Å². The van der Waals surface area contributed by atoms with E-state index in [2.05, 4.69) is 17.1 Å². The third-order valence-corrected chi connectivity index (χ3v) is 2.14. The first-order valence-electron chi connectivity index (χ1n) is 4.94. The molecule has 0 heterocycles. The molecule has 13 heavy (non-hydrogen) atoms. The molecule has 2 N–H and O–H groups in total. The summed E-state index contributed by atoms with van der Waals surface area (Å²) < 4.78 is 0. The molecule has 0 bridgehead atoms. The Bertz CT molecular complexity index is 173. The summed E-state index contributed by atoms with van der Waals surface area (Å²) in [7, 11) is 0. The molecule has 3 nitrogen and oxygen atoms in total. The highest BCUT2D eigenvalue weighted by Crippen LogP contribution is 2.09. The SMILES string of the molecule is C/C=N\N=C(\C)C(C)CCCCN. The highest BCUT2D eigenvalue weighted by Gasteiger charge is 2.04. The quantitative estimate of drug-likeness (QED) is 0.383. The molecule has 0 fully saturated rings. The van der Waals surface area contributed by atoms with Crippen LogP contribution in [0.3, 0.4) is 0 Å². The summed E-state index contributed by atoms with van der Waals surface area (Å²) in [6, 6.07) is 0. The van der Waals surface area contributed by atoms with Crippen LogP contribution in [0.2, 0.25) is 0 Å². The van der Waals surface area contributed by atoms with Crippen LogP contribution in [-0.2, 0) is 0 Å². The van der Waals surface area contributed by atoms with Crippen LogP contribution in [0.25, 0.3) is 0 Å². The molecule has 0 amide bonds. The maximum Gasteiger partial charge on any atom is 0.0402 e. The van der Waals surface area contributed by atoms with E-state index in [0.29, 0.717) is 5.92 Å². The van der Waals surface area contributed by atoms with E-state index >= 15 is 0 Å². The van der Waals surface area contributed by atoms with Crippen LogP contribution >= 0.6 is 0 Å². The minimum atomic E-state index is 0.523. The fraction of sp³-hybridized carbons (Fsp3) is 0.800. The topological polar surface area (TPSA) is 50.7 Å². The highest BCUT2D eigenvalue weighted by molar-refractivity contribution is 5.84. The van der Waals surface area contributed by atoms with Gasteiger partial charge in [-0.2, -0.15) is 10.2 Å². The van der Waals surface area contributed by atoms with Gasteiger partial charge in [0.1, 0.15) is 0 Å². The van der Waals surface area contributed by atoms with Crippen LogP contribution in [-0.4, -0.2) is 18.5 Å². The summed E-state index contributed by atoms with van der Waals surface area (Å²) in [6.07, 6.45) is 5.15. The smallest absolute Gasteiger partial charge is 0.0402 e. The van der Waals surface area contributed by atoms with Crippen LogP contribution in [0.5, 0.6) is 0 Å². The van der Waals surface area contributed by atoms with Gasteiger partial charge in [0.2, 0.25) is 0 Å². The van der Waals surface area contributed by atoms with Crippen molar-refractivity contribution in [2.45, 2.75) is 40.0 Å². The van der Waals surface area contributed by atoms with Crippen molar-refractivity contribution in [2.24, 2.45) is 21.9 Å². The fourth-order valence-corrected chi connectivity index (χ4v) is 1.05. The Morgan fingerprint density at radius 1 is 1.46 bits per heavy atom. The van der Waals surface area contributed by atoms with Crippen LogP contribution in [0.1, 0.15) is 40.0 Å². The number of unbranched alkanes of at least 4 members (excludes halogenated alkanes) is 1. The normalized spacial score (nSPS) is 15.2. The molecule has 76 valence electrons. The van der Waals surface area contributed by atoms with E-state index in [1.807, 2.05) is 13.8 Å². The first-order chi connectivity index (χ1) is 6.22. The third-order valence-electron chi connectivity index (χ3n) is 2.14. The van der Waals surface area contributed by atoms with Crippen molar-refractivity contribution >= 4 is 11.9 Å². The van der Waals surface area contributed by atoms with Crippen molar-refractivity contribution in [3.05, 3.63) is 0 Å². The molecule has 0 saturated carbocycles. The number of hydrogen-bond donors (Lipinski definition) is 1. The van der Waals surface area contributed by atoms with Gasteiger partial charge in [-0.05, 0) is 39.2 Å². The van der Waals surface area contributed by atoms with Gasteiger partial charge in [0, 0.05) is 11.9 Å². The Morgan fingerprint density at radius 3 is 2.69 bits per heavy atom. The van der Waals surface area contributed by atoms with E-state index in [0.717, 1.165) is 25.1 Å². The maximum atomic E-state index is 5.42. The number of hydrogen-bond acceptors (Lipinski definition) is 3. The average molecular weight is 183 g/mol. The molecule has 0 aliphatic rings. The Balaban J connectivity index is 3.74. The molecular formula is C10H21N3. The second-order valence-electron chi connectivity index (χ2n) is 3.30. The van der Waals surface area contributed by atoms with Gasteiger partial charge in [0.25, 0.3) is 0 Å². The van der Waals surface area contributed by atoms with Crippen molar-refractivity contribution in [3.63, 3.8) is 0 Å². The molecule has 0 aromatic carbocycles. The van der Waals surface area contributed by atoms with Gasteiger partial charge in [0.15, 0.2) is 0 Å². The lowest BCUT2D eigenvalue weighted by molar-refractivity contribution is 0.606. The molecule has 0 aliphatic carbocycles. The second kappa shape index (κ2) is 7.92. The lowest BCUT2D eigenvalue weighted by Gasteiger charge is -2.08. The molecule has 1 unspecified atom stereocenters. The van der Waals surface area contributed by atoms with Gasteiger partial charge >= 0.3 is 0 Å². The molecule has 1 atom stereocenters. The summed E-state index contributed by atoms with van der Waals surface area (Å²) in [6.45, 7) is 6.87. The van der Waals surface area contributed by atoms with Gasteiger partial charge in [-0.25, -0.2) is 0 Å². The van der Waals surface area contributed by atoms with E-state index in [1.165, 1.54) is 6.42 Å². The Morgan fingerprint density at radius 2 is 2.15 bits per heavy atom. The zero-order valence-corrected chi connectivity index (χ0v) is 8.95. The van der Waals surface area contributed by atoms with Crippen molar-refractivity contribution in [3.8, 4) is 0 Å². The zero-order valence-electron chi connectivity index (χ0n) is 8.95. The summed E-state index contributed by atoms with van der Waals surface area (Å²) in [5.74, 6) is 0.523. The summed E-state index contributed by atoms with van der Waals surface area (Å²) >= 11 is 0. The second-order valence-corrected chi connectivity index (χ2v) is 3.30. The van der Waals surface area contributed by atoms with Crippen molar-refractivity contribution < 1.29 is 0 Å².